The average Bonchev–Trinajstić information content (AvgIpc) is 2.00. The molecule has 0 bridgehead atoms. The summed E-state index contributed by atoms with van der Waals surface area (Å²) in [7, 11) is 0.950. The molecule has 2 N–H and O–H groups in total. The minimum absolute atomic E-state index is 0.638. The number of carbonyl (C=O) groups excluding carboxylic acids is 1. The average molecular weight is 151 g/mol. The Morgan fingerprint density at radius 2 is 2.10 bits per heavy atom. The van der Waals surface area contributed by atoms with E-state index in [4.69, 9.17) is 0 Å². The van der Waals surface area contributed by atoms with Gasteiger partial charge in [0.05, 0.1) is 7.11 Å². The van der Waals surface area contributed by atoms with E-state index in [1.807, 2.05) is 0 Å². The van der Waals surface area contributed by atoms with E-state index in [1.165, 1.54) is 0 Å². The fourth-order valence-corrected chi connectivity index (χ4v) is 0.290. The molecular weight excluding hydrogens is 144 g/mol. The minimum Gasteiger partial charge on any atom is -0.464 e. The number of rotatable bonds is 2. The van der Waals surface area contributed by atoms with E-state index in [0.29, 0.717) is 0 Å². The van der Waals surface area contributed by atoms with E-state index in [2.05, 4.69) is 10.5 Å². The molecule has 5 heteroatoms. The zero-order chi connectivity index (χ0) is 8.15. The number of hydrogen-bond acceptors (Lipinski definition) is 3. The van der Waals surface area contributed by atoms with Crippen LogP contribution in [-0.4, -0.2) is 19.6 Å². The van der Waals surface area contributed by atoms with Crippen molar-refractivity contribution in [3.05, 3.63) is 11.7 Å². The van der Waals surface area contributed by atoms with Crippen molar-refractivity contribution in [3.63, 3.8) is 0 Å². The molecule has 0 saturated heterocycles. The topological polar surface area (TPSA) is 52.3 Å². The smallest absolute Gasteiger partial charge is 0.369 e. The Labute approximate surface area is 56.5 Å². The van der Waals surface area contributed by atoms with Crippen LogP contribution in [0.5, 0.6) is 0 Å². The molecule has 10 heavy (non-hydrogen) atoms. The van der Waals surface area contributed by atoms with Gasteiger partial charge < -0.3 is 10.5 Å². The van der Waals surface area contributed by atoms with Crippen LogP contribution in [0.15, 0.2) is 11.7 Å². The molecule has 0 radical (unpaired) electrons. The number of carbonyl (C=O) groups is 1. The lowest BCUT2D eigenvalue weighted by molar-refractivity contribution is -0.138. The van der Waals surface area contributed by atoms with Gasteiger partial charge in [-0.1, -0.05) is 0 Å². The Bertz CT molecular complexity index is 167. The Morgan fingerprint density at radius 3 is 2.40 bits per heavy atom. The first-order valence-electron chi connectivity index (χ1n) is 2.46. The SMILES string of the molecule is COC(=O)/C(F)=C(\F)CN. The quantitative estimate of drug-likeness (QED) is 0.455. The molecule has 0 aromatic carbocycles. The van der Waals surface area contributed by atoms with Crippen LogP contribution < -0.4 is 5.73 Å². The van der Waals surface area contributed by atoms with E-state index in [0.717, 1.165) is 7.11 Å². The van der Waals surface area contributed by atoms with Crippen molar-refractivity contribution < 1.29 is 18.3 Å². The van der Waals surface area contributed by atoms with Gasteiger partial charge in [-0.05, 0) is 0 Å². The predicted octanol–water partition coefficient (Wildman–Crippen LogP) is 0.269. The zero-order valence-electron chi connectivity index (χ0n) is 5.36. The van der Waals surface area contributed by atoms with Gasteiger partial charge in [-0.2, -0.15) is 4.39 Å². The molecule has 0 aliphatic carbocycles. The number of ether oxygens (including phenoxy) is 1. The fraction of sp³-hybridized carbons (Fsp3) is 0.400. The van der Waals surface area contributed by atoms with Crippen LogP contribution >= 0.6 is 0 Å². The van der Waals surface area contributed by atoms with Crippen molar-refractivity contribution in [3.8, 4) is 0 Å². The molecule has 0 aliphatic rings. The summed E-state index contributed by atoms with van der Waals surface area (Å²) in [6, 6.07) is 0. The van der Waals surface area contributed by atoms with E-state index in [1.54, 1.807) is 0 Å². The maximum Gasteiger partial charge on any atom is 0.369 e. The third-order valence-electron chi connectivity index (χ3n) is 0.782. The first-order valence-corrected chi connectivity index (χ1v) is 2.46. The molecule has 3 nitrogen and oxygen atoms in total. The van der Waals surface area contributed by atoms with Gasteiger partial charge in [0.2, 0.25) is 5.83 Å². The monoisotopic (exact) mass is 151 g/mol. The van der Waals surface area contributed by atoms with Gasteiger partial charge in [-0.25, -0.2) is 9.18 Å². The summed E-state index contributed by atoms with van der Waals surface area (Å²) >= 11 is 0. The van der Waals surface area contributed by atoms with Crippen molar-refractivity contribution in [2.45, 2.75) is 0 Å². The first-order chi connectivity index (χ1) is 4.63. The molecule has 0 fully saturated rings. The molecule has 0 amide bonds. The van der Waals surface area contributed by atoms with Gasteiger partial charge in [-0.15, -0.1) is 0 Å². The van der Waals surface area contributed by atoms with E-state index in [-0.39, 0.29) is 0 Å². The summed E-state index contributed by atoms with van der Waals surface area (Å²) in [5, 5.41) is 0. The minimum atomic E-state index is -1.56. The van der Waals surface area contributed by atoms with Crippen molar-refractivity contribution >= 4 is 5.97 Å². The molecule has 0 heterocycles. The number of esters is 1. The molecule has 0 aromatic heterocycles. The third-order valence-corrected chi connectivity index (χ3v) is 0.782. The van der Waals surface area contributed by atoms with Crippen LogP contribution in [0.25, 0.3) is 0 Å². The van der Waals surface area contributed by atoms with Crippen LogP contribution in [0.2, 0.25) is 0 Å². The van der Waals surface area contributed by atoms with Gasteiger partial charge in [0.15, 0.2) is 5.83 Å². The van der Waals surface area contributed by atoms with E-state index < -0.39 is 24.2 Å². The van der Waals surface area contributed by atoms with Crippen molar-refractivity contribution in [1.29, 1.82) is 0 Å². The number of methoxy groups -OCH3 is 1. The van der Waals surface area contributed by atoms with Gasteiger partial charge >= 0.3 is 5.97 Å². The van der Waals surface area contributed by atoms with Gasteiger partial charge in [0.25, 0.3) is 0 Å². The maximum atomic E-state index is 12.1. The summed E-state index contributed by atoms with van der Waals surface area (Å²) in [5.41, 5.74) is 4.68. The second-order valence-corrected chi connectivity index (χ2v) is 1.41. The molecule has 0 unspecified atom stereocenters. The van der Waals surface area contributed by atoms with Gasteiger partial charge in [-0.3, -0.25) is 0 Å². The highest BCUT2D eigenvalue weighted by molar-refractivity contribution is 5.86. The maximum absolute atomic E-state index is 12.1. The molecule has 0 aliphatic heterocycles. The Balaban J connectivity index is 4.30. The summed E-state index contributed by atoms with van der Waals surface area (Å²) in [6.07, 6.45) is 0. The zero-order valence-corrected chi connectivity index (χ0v) is 5.36. The molecule has 0 aromatic rings. The second kappa shape index (κ2) is 3.94. The number of halogens is 2. The number of nitrogens with two attached hydrogens (primary N) is 1. The Hall–Kier alpha value is -0.970. The molecule has 58 valence electrons. The highest BCUT2D eigenvalue weighted by Gasteiger charge is 2.13. The lowest BCUT2D eigenvalue weighted by Crippen LogP contribution is -2.07. The van der Waals surface area contributed by atoms with Crippen LogP contribution in [0.3, 0.4) is 0 Å². The van der Waals surface area contributed by atoms with Gasteiger partial charge in [0, 0.05) is 6.54 Å². The molecule has 0 atom stereocenters. The van der Waals surface area contributed by atoms with Crippen molar-refractivity contribution in [2.24, 2.45) is 5.73 Å². The fourth-order valence-electron chi connectivity index (χ4n) is 0.290. The highest BCUT2D eigenvalue weighted by Crippen LogP contribution is 2.07. The first kappa shape index (κ1) is 9.03. The third kappa shape index (κ3) is 2.10. The Morgan fingerprint density at radius 1 is 1.60 bits per heavy atom. The van der Waals surface area contributed by atoms with E-state index >= 15 is 0 Å². The predicted molar refractivity (Wildman–Crippen MR) is 30.3 cm³/mol. The summed E-state index contributed by atoms with van der Waals surface area (Å²) in [5.74, 6) is -4.21. The summed E-state index contributed by atoms with van der Waals surface area (Å²) < 4.78 is 28.1. The molecule has 0 rings (SSSR count). The highest BCUT2D eigenvalue weighted by atomic mass is 19.2. The van der Waals surface area contributed by atoms with Crippen LogP contribution in [-0.2, 0) is 9.53 Å². The normalized spacial score (nSPS) is 12.4. The number of hydrogen-bond donors (Lipinski definition) is 1. The molecule has 0 spiro atoms. The lowest BCUT2D eigenvalue weighted by Gasteiger charge is -1.94. The summed E-state index contributed by atoms with van der Waals surface area (Å²) in [4.78, 5) is 10.2. The largest absolute Gasteiger partial charge is 0.464 e. The molecular formula is C5H7F2NO2. The second-order valence-electron chi connectivity index (χ2n) is 1.41. The van der Waals surface area contributed by atoms with Crippen molar-refractivity contribution in [2.75, 3.05) is 13.7 Å². The van der Waals surface area contributed by atoms with Crippen molar-refractivity contribution in [1.82, 2.24) is 0 Å². The lowest BCUT2D eigenvalue weighted by atomic mass is 10.4. The van der Waals surface area contributed by atoms with E-state index in [9.17, 15) is 13.6 Å². The van der Waals surface area contributed by atoms with Gasteiger partial charge in [0.1, 0.15) is 0 Å². The van der Waals surface area contributed by atoms with Crippen LogP contribution in [0, 0.1) is 0 Å². The standard InChI is InChI=1S/C5H7F2NO2/c1-10-5(9)4(7)3(6)2-8/h2,8H2,1H3/b4-3+. The Kier molecular flexibility index (Phi) is 3.56. The van der Waals surface area contributed by atoms with Crippen LogP contribution in [0.4, 0.5) is 8.78 Å². The van der Waals surface area contributed by atoms with Crippen LogP contribution in [0.1, 0.15) is 0 Å². The molecule has 0 saturated carbocycles. The summed E-state index contributed by atoms with van der Waals surface area (Å²) in [6.45, 7) is -0.638.